The Morgan fingerprint density at radius 2 is 2.05 bits per heavy atom. The average Bonchev–Trinajstić information content (AvgIpc) is 2.40. The van der Waals surface area contributed by atoms with Crippen molar-refractivity contribution in [3.63, 3.8) is 0 Å². The molecule has 3 rings (SSSR count). The first-order valence-corrected chi connectivity index (χ1v) is 7.60. The molecule has 0 bridgehead atoms. The van der Waals surface area contributed by atoms with Crippen molar-refractivity contribution in [2.24, 2.45) is 5.92 Å². The third-order valence-electron chi connectivity index (χ3n) is 5.11. The number of ether oxygens (including phenoxy) is 1. The van der Waals surface area contributed by atoms with Crippen molar-refractivity contribution in [3.05, 3.63) is 35.6 Å². The van der Waals surface area contributed by atoms with Crippen LogP contribution in [0, 0.1) is 11.7 Å². The molecule has 1 heterocycles. The zero-order valence-corrected chi connectivity index (χ0v) is 12.1. The number of aliphatic hydroxyl groups is 1. The topological polar surface area (TPSA) is 29.5 Å². The predicted octanol–water partition coefficient (Wildman–Crippen LogP) is 3.47. The van der Waals surface area contributed by atoms with Gasteiger partial charge < -0.3 is 9.84 Å². The van der Waals surface area contributed by atoms with Crippen LogP contribution in [-0.2, 0) is 11.2 Å². The van der Waals surface area contributed by atoms with Crippen LogP contribution in [-0.4, -0.2) is 22.9 Å². The second-order valence-corrected chi connectivity index (χ2v) is 6.74. The summed E-state index contributed by atoms with van der Waals surface area (Å²) < 4.78 is 18.9. The highest BCUT2D eigenvalue weighted by Crippen LogP contribution is 2.47. The summed E-state index contributed by atoms with van der Waals surface area (Å²) in [6, 6.07) is 6.45. The van der Waals surface area contributed by atoms with E-state index in [9.17, 15) is 9.50 Å². The van der Waals surface area contributed by atoms with Crippen LogP contribution in [0.2, 0.25) is 0 Å². The lowest BCUT2D eigenvalue weighted by Crippen LogP contribution is -2.51. The molecule has 2 unspecified atom stereocenters. The lowest BCUT2D eigenvalue weighted by Gasteiger charge is -2.50. The summed E-state index contributed by atoms with van der Waals surface area (Å²) in [5, 5.41) is 10.9. The van der Waals surface area contributed by atoms with E-state index in [4.69, 9.17) is 4.74 Å². The molecule has 1 saturated heterocycles. The van der Waals surface area contributed by atoms with E-state index in [-0.39, 0.29) is 17.3 Å². The van der Waals surface area contributed by atoms with E-state index in [1.54, 1.807) is 12.1 Å². The predicted molar refractivity (Wildman–Crippen MR) is 76.0 cm³/mol. The third-order valence-corrected chi connectivity index (χ3v) is 5.11. The maximum Gasteiger partial charge on any atom is 0.123 e. The van der Waals surface area contributed by atoms with Crippen molar-refractivity contribution >= 4 is 0 Å². The van der Waals surface area contributed by atoms with Gasteiger partial charge in [-0.2, -0.15) is 0 Å². The van der Waals surface area contributed by atoms with Gasteiger partial charge in [0.05, 0.1) is 11.2 Å². The Morgan fingerprint density at radius 1 is 1.35 bits per heavy atom. The molecule has 0 radical (unpaired) electrons. The highest BCUT2D eigenvalue weighted by molar-refractivity contribution is 5.18. The first-order chi connectivity index (χ1) is 9.49. The molecule has 2 nitrogen and oxygen atoms in total. The van der Waals surface area contributed by atoms with Gasteiger partial charge in [0, 0.05) is 13.0 Å². The van der Waals surface area contributed by atoms with Crippen molar-refractivity contribution in [3.8, 4) is 0 Å². The normalized spacial score (nSPS) is 27.9. The smallest absolute Gasteiger partial charge is 0.123 e. The zero-order valence-electron chi connectivity index (χ0n) is 12.1. The Labute approximate surface area is 120 Å². The quantitative estimate of drug-likeness (QED) is 0.917. The minimum Gasteiger partial charge on any atom is -0.390 e. The van der Waals surface area contributed by atoms with E-state index in [1.807, 2.05) is 6.92 Å². The highest BCUT2D eigenvalue weighted by Gasteiger charge is 2.47. The Balaban J connectivity index is 1.69. The Morgan fingerprint density at radius 3 is 2.65 bits per heavy atom. The van der Waals surface area contributed by atoms with E-state index < -0.39 is 5.60 Å². The molecule has 20 heavy (non-hydrogen) atoms. The SMILES string of the molecule is CC(O)(Cc1ccc(F)cc1)C1CCOC2(CCC2)C1. The van der Waals surface area contributed by atoms with Crippen molar-refractivity contribution in [1.29, 1.82) is 0 Å². The van der Waals surface area contributed by atoms with E-state index in [1.165, 1.54) is 18.6 Å². The number of halogens is 1. The van der Waals surface area contributed by atoms with Crippen LogP contribution < -0.4 is 0 Å². The summed E-state index contributed by atoms with van der Waals surface area (Å²) in [7, 11) is 0. The van der Waals surface area contributed by atoms with E-state index in [2.05, 4.69) is 0 Å². The van der Waals surface area contributed by atoms with Gasteiger partial charge in [-0.15, -0.1) is 0 Å². The summed E-state index contributed by atoms with van der Waals surface area (Å²) in [5.74, 6) is 0.0366. The first-order valence-electron chi connectivity index (χ1n) is 7.60. The zero-order chi connectivity index (χ0) is 14.2. The van der Waals surface area contributed by atoms with Gasteiger partial charge in [0.15, 0.2) is 0 Å². The molecule has 2 aliphatic rings. The average molecular weight is 278 g/mol. The van der Waals surface area contributed by atoms with Gasteiger partial charge in [0.2, 0.25) is 0 Å². The molecular formula is C17H23FO2. The first kappa shape index (κ1) is 14.0. The molecule has 0 aromatic heterocycles. The lowest BCUT2D eigenvalue weighted by atomic mass is 9.67. The molecule has 1 N–H and O–H groups in total. The fraction of sp³-hybridized carbons (Fsp3) is 0.647. The van der Waals surface area contributed by atoms with Crippen LogP contribution in [0.1, 0.15) is 44.6 Å². The lowest BCUT2D eigenvalue weighted by molar-refractivity contribution is -0.172. The van der Waals surface area contributed by atoms with Crippen molar-refractivity contribution in [2.75, 3.05) is 6.61 Å². The Hall–Kier alpha value is -0.930. The molecule has 1 aromatic carbocycles. The molecule has 3 heteroatoms. The van der Waals surface area contributed by atoms with Gasteiger partial charge in [0.25, 0.3) is 0 Å². The van der Waals surface area contributed by atoms with Crippen LogP contribution in [0.5, 0.6) is 0 Å². The monoisotopic (exact) mass is 278 g/mol. The molecule has 1 spiro atoms. The molecule has 1 aliphatic heterocycles. The molecule has 110 valence electrons. The summed E-state index contributed by atoms with van der Waals surface area (Å²) in [6.45, 7) is 2.67. The fourth-order valence-corrected chi connectivity index (χ4v) is 3.64. The molecular weight excluding hydrogens is 255 g/mol. The summed E-state index contributed by atoms with van der Waals surface area (Å²) in [6.07, 6.45) is 5.96. The maximum absolute atomic E-state index is 13.0. The molecule has 1 aromatic rings. The highest BCUT2D eigenvalue weighted by atomic mass is 19.1. The molecule has 1 aliphatic carbocycles. The van der Waals surface area contributed by atoms with Crippen molar-refractivity contribution in [1.82, 2.24) is 0 Å². The van der Waals surface area contributed by atoms with Gasteiger partial charge in [-0.1, -0.05) is 12.1 Å². The van der Waals surface area contributed by atoms with Crippen molar-refractivity contribution < 1.29 is 14.2 Å². The molecule has 2 fully saturated rings. The summed E-state index contributed by atoms with van der Waals surface area (Å²) >= 11 is 0. The molecule has 0 amide bonds. The molecule has 2 atom stereocenters. The Kier molecular flexibility index (Phi) is 3.59. The standard InChI is InChI=1S/C17H23FO2/c1-16(19,11-13-3-5-15(18)6-4-13)14-7-10-20-17(12-14)8-2-9-17/h3-6,14,19H,2,7-12H2,1H3. The van der Waals surface area contributed by atoms with E-state index in [0.29, 0.717) is 6.42 Å². The van der Waals surface area contributed by atoms with Crippen LogP contribution in [0.15, 0.2) is 24.3 Å². The number of hydrogen-bond donors (Lipinski definition) is 1. The van der Waals surface area contributed by atoms with E-state index in [0.717, 1.165) is 37.9 Å². The fourth-order valence-electron chi connectivity index (χ4n) is 3.64. The van der Waals surface area contributed by atoms with Crippen LogP contribution in [0.25, 0.3) is 0 Å². The number of benzene rings is 1. The van der Waals surface area contributed by atoms with Gasteiger partial charge >= 0.3 is 0 Å². The number of hydrogen-bond acceptors (Lipinski definition) is 2. The van der Waals surface area contributed by atoms with Gasteiger partial charge in [0.1, 0.15) is 5.82 Å². The third kappa shape index (κ3) is 2.75. The Bertz CT molecular complexity index is 462. The largest absolute Gasteiger partial charge is 0.390 e. The summed E-state index contributed by atoms with van der Waals surface area (Å²) in [5.41, 5.74) is 0.297. The minimum atomic E-state index is -0.746. The van der Waals surface area contributed by atoms with Crippen molar-refractivity contribution in [2.45, 2.75) is 56.7 Å². The van der Waals surface area contributed by atoms with Crippen LogP contribution in [0.4, 0.5) is 4.39 Å². The second-order valence-electron chi connectivity index (χ2n) is 6.74. The van der Waals surface area contributed by atoms with Gasteiger partial charge in [-0.25, -0.2) is 4.39 Å². The van der Waals surface area contributed by atoms with Gasteiger partial charge in [-0.05, 0) is 62.6 Å². The van der Waals surface area contributed by atoms with Gasteiger partial charge in [-0.3, -0.25) is 0 Å². The molecule has 1 saturated carbocycles. The minimum absolute atomic E-state index is 0.0513. The maximum atomic E-state index is 13.0. The van der Waals surface area contributed by atoms with E-state index >= 15 is 0 Å². The second kappa shape index (κ2) is 5.12. The van der Waals surface area contributed by atoms with Crippen LogP contribution >= 0.6 is 0 Å². The summed E-state index contributed by atoms with van der Waals surface area (Å²) in [4.78, 5) is 0. The number of rotatable bonds is 3. The van der Waals surface area contributed by atoms with Crippen LogP contribution in [0.3, 0.4) is 0 Å².